The van der Waals surface area contributed by atoms with Crippen molar-refractivity contribution in [1.29, 1.82) is 0 Å². The van der Waals surface area contributed by atoms with Gasteiger partial charge in [-0.1, -0.05) is 0 Å². The normalized spacial score (nSPS) is 19.6. The van der Waals surface area contributed by atoms with E-state index in [1.807, 2.05) is 0 Å². The second kappa shape index (κ2) is 4.68. The van der Waals surface area contributed by atoms with Gasteiger partial charge < -0.3 is 9.67 Å². The molecule has 0 bridgehead atoms. The monoisotopic (exact) mass is 264 g/mol. The number of likely N-dealkylation sites (N-methyl/N-ethyl adjacent to an activating group) is 1. The molecule has 0 radical (unpaired) electrons. The van der Waals surface area contributed by atoms with E-state index in [-0.39, 0.29) is 24.3 Å². The van der Waals surface area contributed by atoms with E-state index < -0.39 is 23.5 Å². The molecular weight excluding hydrogens is 252 g/mol. The average molecular weight is 264 g/mol. The first kappa shape index (κ1) is 13.0. The van der Waals surface area contributed by atoms with Gasteiger partial charge in [0.15, 0.2) is 0 Å². The highest BCUT2D eigenvalue weighted by molar-refractivity contribution is 5.99. The molecule has 1 N–H and O–H groups in total. The molecule has 1 saturated heterocycles. The van der Waals surface area contributed by atoms with Crippen molar-refractivity contribution in [3.05, 3.63) is 34.2 Å². The molecule has 0 spiro atoms. The number of aromatic nitrogens is 1. The first-order chi connectivity index (χ1) is 8.91. The standard InChI is InChI=1S/C12H12N2O5/c1-13-9(15)5-3-8(11(13)17)14-6-7(12(18)19)2-4-10(14)16/h2,4,6,8H,3,5H2,1H3,(H,18,19). The maximum atomic E-state index is 12.0. The Morgan fingerprint density at radius 2 is 2.00 bits per heavy atom. The smallest absolute Gasteiger partial charge is 0.337 e. The second-order valence-corrected chi connectivity index (χ2v) is 4.31. The Kier molecular flexibility index (Phi) is 3.20. The van der Waals surface area contributed by atoms with Gasteiger partial charge in [-0.2, -0.15) is 0 Å². The first-order valence-electron chi connectivity index (χ1n) is 5.67. The molecule has 2 rings (SSSR count). The lowest BCUT2D eigenvalue weighted by Crippen LogP contribution is -2.45. The maximum absolute atomic E-state index is 12.0. The third-order valence-electron chi connectivity index (χ3n) is 3.14. The Morgan fingerprint density at radius 3 is 2.63 bits per heavy atom. The van der Waals surface area contributed by atoms with Crippen molar-refractivity contribution in [3.8, 4) is 0 Å². The van der Waals surface area contributed by atoms with Gasteiger partial charge in [0.25, 0.3) is 11.5 Å². The number of hydrogen-bond donors (Lipinski definition) is 1. The lowest BCUT2D eigenvalue weighted by Gasteiger charge is -2.28. The predicted octanol–water partition coefficient (Wildman–Crippen LogP) is -0.134. The number of carbonyl (C=O) groups is 3. The van der Waals surface area contributed by atoms with Gasteiger partial charge in [-0.25, -0.2) is 4.79 Å². The minimum absolute atomic E-state index is 0.0769. The number of piperidine rings is 1. The van der Waals surface area contributed by atoms with Gasteiger partial charge >= 0.3 is 5.97 Å². The SMILES string of the molecule is CN1C(=O)CCC(n2cc(C(=O)O)ccc2=O)C1=O. The number of carbonyl (C=O) groups excluding carboxylic acids is 2. The number of nitrogens with zero attached hydrogens (tertiary/aromatic N) is 2. The number of pyridine rings is 1. The molecule has 2 heterocycles. The van der Waals surface area contributed by atoms with Crippen LogP contribution >= 0.6 is 0 Å². The summed E-state index contributed by atoms with van der Waals surface area (Å²) in [5.74, 6) is -1.98. The zero-order valence-electron chi connectivity index (χ0n) is 10.2. The number of hydrogen-bond acceptors (Lipinski definition) is 4. The molecule has 0 aliphatic carbocycles. The van der Waals surface area contributed by atoms with Crippen LogP contribution in [0.15, 0.2) is 23.1 Å². The van der Waals surface area contributed by atoms with Crippen molar-refractivity contribution in [2.75, 3.05) is 7.05 Å². The highest BCUT2D eigenvalue weighted by Gasteiger charge is 2.33. The molecule has 1 aromatic heterocycles. The summed E-state index contributed by atoms with van der Waals surface area (Å²) >= 11 is 0. The number of carboxylic acids is 1. The summed E-state index contributed by atoms with van der Waals surface area (Å²) in [7, 11) is 1.35. The van der Waals surface area contributed by atoms with Gasteiger partial charge in [-0.15, -0.1) is 0 Å². The molecule has 1 fully saturated rings. The van der Waals surface area contributed by atoms with E-state index >= 15 is 0 Å². The highest BCUT2D eigenvalue weighted by atomic mass is 16.4. The van der Waals surface area contributed by atoms with Crippen LogP contribution in [-0.4, -0.2) is 39.4 Å². The number of amides is 2. The molecule has 1 aliphatic rings. The van der Waals surface area contributed by atoms with Crippen LogP contribution in [-0.2, 0) is 9.59 Å². The van der Waals surface area contributed by atoms with Crippen molar-refractivity contribution in [1.82, 2.24) is 9.47 Å². The van der Waals surface area contributed by atoms with Crippen LogP contribution in [0.4, 0.5) is 0 Å². The van der Waals surface area contributed by atoms with Crippen LogP contribution in [0.3, 0.4) is 0 Å². The lowest BCUT2D eigenvalue weighted by molar-refractivity contribution is -0.149. The van der Waals surface area contributed by atoms with Crippen LogP contribution < -0.4 is 5.56 Å². The summed E-state index contributed by atoms with van der Waals surface area (Å²) in [4.78, 5) is 46.9. The van der Waals surface area contributed by atoms with Gasteiger partial charge in [0, 0.05) is 25.7 Å². The number of aromatic carboxylic acids is 1. The topological polar surface area (TPSA) is 96.7 Å². The Morgan fingerprint density at radius 1 is 1.32 bits per heavy atom. The van der Waals surface area contributed by atoms with E-state index in [2.05, 4.69) is 0 Å². The molecule has 1 atom stereocenters. The van der Waals surface area contributed by atoms with E-state index in [1.54, 1.807) is 0 Å². The molecule has 0 saturated carbocycles. The molecule has 1 aromatic rings. The summed E-state index contributed by atoms with van der Waals surface area (Å²) in [5, 5.41) is 8.89. The van der Waals surface area contributed by atoms with E-state index in [9.17, 15) is 19.2 Å². The zero-order chi connectivity index (χ0) is 14.2. The third kappa shape index (κ3) is 2.26. The van der Waals surface area contributed by atoms with E-state index in [0.717, 1.165) is 21.7 Å². The largest absolute Gasteiger partial charge is 0.478 e. The Bertz CT molecular complexity index is 619. The molecule has 7 heteroatoms. The van der Waals surface area contributed by atoms with Crippen molar-refractivity contribution < 1.29 is 19.5 Å². The maximum Gasteiger partial charge on any atom is 0.337 e. The van der Waals surface area contributed by atoms with Crippen molar-refractivity contribution >= 4 is 17.8 Å². The fourth-order valence-electron chi connectivity index (χ4n) is 2.03. The average Bonchev–Trinajstić information content (AvgIpc) is 2.37. The molecule has 1 unspecified atom stereocenters. The Labute approximate surface area is 108 Å². The molecular formula is C12H12N2O5. The number of likely N-dealkylation sites (tertiary alicyclic amines) is 1. The summed E-state index contributed by atoms with van der Waals surface area (Å²) < 4.78 is 1.08. The minimum atomic E-state index is -1.18. The number of carboxylic acid groups (broad SMARTS) is 1. The quantitative estimate of drug-likeness (QED) is 0.750. The van der Waals surface area contributed by atoms with Crippen LogP contribution in [0.25, 0.3) is 0 Å². The summed E-state index contributed by atoms with van der Waals surface area (Å²) in [6.07, 6.45) is 1.48. The highest BCUT2D eigenvalue weighted by Crippen LogP contribution is 2.21. The summed E-state index contributed by atoms with van der Waals surface area (Å²) in [6, 6.07) is 1.46. The van der Waals surface area contributed by atoms with E-state index in [0.29, 0.717) is 0 Å². The molecule has 0 aromatic carbocycles. The fourth-order valence-corrected chi connectivity index (χ4v) is 2.03. The summed E-state index contributed by atoms with van der Waals surface area (Å²) in [6.45, 7) is 0. The molecule has 7 nitrogen and oxygen atoms in total. The van der Waals surface area contributed by atoms with Crippen molar-refractivity contribution in [2.45, 2.75) is 18.9 Å². The van der Waals surface area contributed by atoms with E-state index in [4.69, 9.17) is 5.11 Å². The van der Waals surface area contributed by atoms with Gasteiger partial charge in [-0.05, 0) is 12.5 Å². The number of rotatable bonds is 2. The predicted molar refractivity (Wildman–Crippen MR) is 63.7 cm³/mol. The third-order valence-corrected chi connectivity index (χ3v) is 3.14. The second-order valence-electron chi connectivity index (χ2n) is 4.31. The first-order valence-corrected chi connectivity index (χ1v) is 5.67. The number of imide groups is 1. The Balaban J connectivity index is 2.44. The Hall–Kier alpha value is -2.44. The molecule has 1 aliphatic heterocycles. The fraction of sp³-hybridized carbons (Fsp3) is 0.333. The lowest BCUT2D eigenvalue weighted by atomic mass is 10.0. The van der Waals surface area contributed by atoms with Crippen LogP contribution in [0.1, 0.15) is 29.2 Å². The van der Waals surface area contributed by atoms with Gasteiger partial charge in [-0.3, -0.25) is 19.3 Å². The van der Waals surface area contributed by atoms with E-state index in [1.165, 1.54) is 13.1 Å². The van der Waals surface area contributed by atoms with Crippen molar-refractivity contribution in [3.63, 3.8) is 0 Å². The van der Waals surface area contributed by atoms with Crippen LogP contribution in [0.2, 0.25) is 0 Å². The molecule has 100 valence electrons. The molecule has 19 heavy (non-hydrogen) atoms. The van der Waals surface area contributed by atoms with Gasteiger partial charge in [0.05, 0.1) is 5.56 Å². The van der Waals surface area contributed by atoms with Gasteiger partial charge in [0.2, 0.25) is 5.91 Å². The summed E-state index contributed by atoms with van der Waals surface area (Å²) in [5.41, 5.74) is -0.543. The minimum Gasteiger partial charge on any atom is -0.478 e. The zero-order valence-corrected chi connectivity index (χ0v) is 10.2. The van der Waals surface area contributed by atoms with Crippen LogP contribution in [0.5, 0.6) is 0 Å². The molecule has 2 amide bonds. The van der Waals surface area contributed by atoms with Gasteiger partial charge in [0.1, 0.15) is 6.04 Å². The van der Waals surface area contributed by atoms with Crippen molar-refractivity contribution in [2.24, 2.45) is 0 Å². The van der Waals surface area contributed by atoms with Crippen LogP contribution in [0, 0.1) is 0 Å².